The van der Waals surface area contributed by atoms with Crippen molar-refractivity contribution in [2.45, 2.75) is 20.0 Å². The van der Waals surface area contributed by atoms with Gasteiger partial charge in [-0.15, -0.1) is 24.0 Å². The van der Waals surface area contributed by atoms with Crippen LogP contribution in [0.2, 0.25) is 0 Å². The van der Waals surface area contributed by atoms with E-state index in [0.29, 0.717) is 13.1 Å². The molecule has 6 heteroatoms. The molecule has 1 aromatic carbocycles. The van der Waals surface area contributed by atoms with Crippen molar-refractivity contribution in [1.82, 2.24) is 10.6 Å². The zero-order valence-electron chi connectivity index (χ0n) is 12.8. The molecule has 1 heterocycles. The second-order valence-electron chi connectivity index (χ2n) is 4.48. The Hall–Kier alpha value is -1.70. The highest BCUT2D eigenvalue weighted by molar-refractivity contribution is 14.0. The molecule has 0 aliphatic carbocycles. The van der Waals surface area contributed by atoms with Gasteiger partial charge in [0.2, 0.25) is 0 Å². The van der Waals surface area contributed by atoms with Crippen molar-refractivity contribution in [3.05, 3.63) is 54.0 Å². The van der Waals surface area contributed by atoms with Crippen LogP contribution < -0.4 is 15.4 Å². The molecule has 120 valence electrons. The number of hydrogen-bond donors (Lipinski definition) is 2. The summed E-state index contributed by atoms with van der Waals surface area (Å²) in [4.78, 5) is 4.55. The largest absolute Gasteiger partial charge is 0.497 e. The first kappa shape index (κ1) is 18.3. The first-order valence-electron chi connectivity index (χ1n) is 6.99. The molecule has 0 bridgehead atoms. The van der Waals surface area contributed by atoms with Gasteiger partial charge in [-0.3, -0.25) is 0 Å². The molecule has 0 saturated heterocycles. The van der Waals surface area contributed by atoms with E-state index in [-0.39, 0.29) is 24.0 Å². The standard InChI is InChI=1S/C16H21N3O2.HI/c1-3-17-16(19-12-15-5-4-10-21-15)18-11-13-6-8-14(20-2)9-7-13;/h4-10H,3,11-12H2,1-2H3,(H2,17,18,19);1H. The zero-order valence-corrected chi connectivity index (χ0v) is 15.2. The molecule has 1 aromatic heterocycles. The number of nitrogens with one attached hydrogen (secondary N) is 2. The third kappa shape index (κ3) is 5.97. The third-order valence-corrected chi connectivity index (χ3v) is 2.93. The highest BCUT2D eigenvalue weighted by atomic mass is 127. The van der Waals surface area contributed by atoms with E-state index in [9.17, 15) is 0 Å². The van der Waals surface area contributed by atoms with Crippen LogP contribution in [-0.4, -0.2) is 19.6 Å². The smallest absolute Gasteiger partial charge is 0.191 e. The summed E-state index contributed by atoms with van der Waals surface area (Å²) in [6.45, 7) is 4.07. The fourth-order valence-electron chi connectivity index (χ4n) is 1.83. The van der Waals surface area contributed by atoms with E-state index in [1.54, 1.807) is 13.4 Å². The number of guanidine groups is 1. The molecule has 0 radical (unpaired) electrons. The molecule has 0 amide bonds. The molecule has 0 atom stereocenters. The summed E-state index contributed by atoms with van der Waals surface area (Å²) in [6, 6.07) is 11.7. The minimum Gasteiger partial charge on any atom is -0.497 e. The quantitative estimate of drug-likeness (QED) is 0.433. The Morgan fingerprint density at radius 2 is 1.95 bits per heavy atom. The molecule has 0 aliphatic rings. The summed E-state index contributed by atoms with van der Waals surface area (Å²) < 4.78 is 10.4. The Morgan fingerprint density at radius 1 is 1.18 bits per heavy atom. The van der Waals surface area contributed by atoms with Crippen LogP contribution in [0.5, 0.6) is 5.75 Å². The Labute approximate surface area is 148 Å². The monoisotopic (exact) mass is 415 g/mol. The zero-order chi connectivity index (χ0) is 14.9. The van der Waals surface area contributed by atoms with Gasteiger partial charge in [-0.25, -0.2) is 4.99 Å². The van der Waals surface area contributed by atoms with Gasteiger partial charge in [0, 0.05) is 6.54 Å². The van der Waals surface area contributed by atoms with Crippen LogP contribution in [0.15, 0.2) is 52.1 Å². The van der Waals surface area contributed by atoms with Crippen molar-refractivity contribution in [1.29, 1.82) is 0 Å². The van der Waals surface area contributed by atoms with Crippen LogP contribution in [0.3, 0.4) is 0 Å². The SMILES string of the molecule is CCNC(=NCc1ccc(OC)cc1)NCc1ccco1.I. The number of rotatable bonds is 6. The Bertz CT molecular complexity index is 553. The van der Waals surface area contributed by atoms with Gasteiger partial charge in [0.15, 0.2) is 5.96 Å². The molecule has 0 saturated carbocycles. The lowest BCUT2D eigenvalue weighted by atomic mass is 10.2. The molecule has 2 rings (SSSR count). The van der Waals surface area contributed by atoms with Crippen LogP contribution in [0.1, 0.15) is 18.2 Å². The maximum atomic E-state index is 5.29. The number of aliphatic imine (C=N–C) groups is 1. The predicted molar refractivity (Wildman–Crippen MR) is 98.8 cm³/mol. The van der Waals surface area contributed by atoms with Gasteiger partial charge < -0.3 is 19.8 Å². The van der Waals surface area contributed by atoms with Gasteiger partial charge >= 0.3 is 0 Å². The lowest BCUT2D eigenvalue weighted by Crippen LogP contribution is -2.36. The first-order chi connectivity index (χ1) is 10.3. The summed E-state index contributed by atoms with van der Waals surface area (Å²) in [7, 11) is 1.66. The number of methoxy groups -OCH3 is 1. The van der Waals surface area contributed by atoms with Crippen LogP contribution in [0.25, 0.3) is 0 Å². The molecule has 0 fully saturated rings. The molecule has 0 unspecified atom stereocenters. The molecule has 2 aromatic rings. The van der Waals surface area contributed by atoms with Gasteiger partial charge in [-0.2, -0.15) is 0 Å². The predicted octanol–water partition coefficient (Wildman–Crippen LogP) is 3.16. The molecular formula is C16H22IN3O2. The Morgan fingerprint density at radius 3 is 2.55 bits per heavy atom. The fourth-order valence-corrected chi connectivity index (χ4v) is 1.83. The van der Waals surface area contributed by atoms with Crippen LogP contribution >= 0.6 is 24.0 Å². The normalized spacial score (nSPS) is 10.7. The number of halogens is 1. The van der Waals surface area contributed by atoms with E-state index in [4.69, 9.17) is 9.15 Å². The highest BCUT2D eigenvalue weighted by Gasteiger charge is 2.00. The molecular weight excluding hydrogens is 393 g/mol. The summed E-state index contributed by atoms with van der Waals surface area (Å²) in [5.41, 5.74) is 1.13. The fraction of sp³-hybridized carbons (Fsp3) is 0.312. The summed E-state index contributed by atoms with van der Waals surface area (Å²) in [5, 5.41) is 6.45. The second-order valence-corrected chi connectivity index (χ2v) is 4.48. The summed E-state index contributed by atoms with van der Waals surface area (Å²) in [5.74, 6) is 2.50. The number of furan rings is 1. The number of benzene rings is 1. The molecule has 22 heavy (non-hydrogen) atoms. The van der Waals surface area contributed by atoms with E-state index >= 15 is 0 Å². The maximum Gasteiger partial charge on any atom is 0.191 e. The van der Waals surface area contributed by atoms with Gasteiger partial charge in [-0.1, -0.05) is 12.1 Å². The third-order valence-electron chi connectivity index (χ3n) is 2.93. The Balaban J connectivity index is 0.00000242. The first-order valence-corrected chi connectivity index (χ1v) is 6.99. The second kappa shape index (κ2) is 10.1. The average Bonchev–Trinajstić information content (AvgIpc) is 3.04. The van der Waals surface area contributed by atoms with Crippen molar-refractivity contribution in [3.63, 3.8) is 0 Å². The maximum absolute atomic E-state index is 5.29. The molecule has 0 spiro atoms. The lowest BCUT2D eigenvalue weighted by Gasteiger charge is -2.10. The number of ether oxygens (including phenoxy) is 1. The van der Waals surface area contributed by atoms with Crippen molar-refractivity contribution in [2.75, 3.05) is 13.7 Å². The van der Waals surface area contributed by atoms with E-state index < -0.39 is 0 Å². The minimum absolute atomic E-state index is 0. The van der Waals surface area contributed by atoms with Gasteiger partial charge in [0.25, 0.3) is 0 Å². The molecule has 0 aliphatic heterocycles. The van der Waals surface area contributed by atoms with Crippen LogP contribution in [0, 0.1) is 0 Å². The average molecular weight is 415 g/mol. The van der Waals surface area contributed by atoms with Crippen molar-refractivity contribution in [2.24, 2.45) is 4.99 Å². The van der Waals surface area contributed by atoms with E-state index in [2.05, 4.69) is 15.6 Å². The number of hydrogen-bond acceptors (Lipinski definition) is 3. The topological polar surface area (TPSA) is 58.8 Å². The van der Waals surface area contributed by atoms with Crippen molar-refractivity contribution >= 4 is 29.9 Å². The van der Waals surface area contributed by atoms with Gasteiger partial charge in [0.1, 0.15) is 11.5 Å². The van der Waals surface area contributed by atoms with Crippen molar-refractivity contribution < 1.29 is 9.15 Å². The lowest BCUT2D eigenvalue weighted by molar-refractivity contribution is 0.414. The van der Waals surface area contributed by atoms with E-state index in [1.807, 2.05) is 43.3 Å². The van der Waals surface area contributed by atoms with E-state index in [0.717, 1.165) is 29.6 Å². The minimum atomic E-state index is 0. The summed E-state index contributed by atoms with van der Waals surface area (Å²) in [6.07, 6.45) is 1.67. The Kier molecular flexibility index (Phi) is 8.42. The van der Waals surface area contributed by atoms with Gasteiger partial charge in [0.05, 0.1) is 26.5 Å². The van der Waals surface area contributed by atoms with Crippen molar-refractivity contribution in [3.8, 4) is 5.75 Å². The number of nitrogens with zero attached hydrogens (tertiary/aromatic N) is 1. The van der Waals surface area contributed by atoms with Crippen LogP contribution in [0.4, 0.5) is 0 Å². The van der Waals surface area contributed by atoms with Crippen LogP contribution in [-0.2, 0) is 13.1 Å². The summed E-state index contributed by atoms with van der Waals surface area (Å²) >= 11 is 0. The van der Waals surface area contributed by atoms with E-state index in [1.165, 1.54) is 0 Å². The van der Waals surface area contributed by atoms with Gasteiger partial charge in [-0.05, 0) is 36.8 Å². The molecule has 2 N–H and O–H groups in total. The highest BCUT2D eigenvalue weighted by Crippen LogP contribution is 2.11. The molecule has 5 nitrogen and oxygen atoms in total.